The second kappa shape index (κ2) is 6.05. The van der Waals surface area contributed by atoms with Crippen molar-refractivity contribution in [1.82, 2.24) is 19.5 Å². The summed E-state index contributed by atoms with van der Waals surface area (Å²) in [5.41, 5.74) is 0.208. The van der Waals surface area contributed by atoms with Crippen LogP contribution in [0.3, 0.4) is 0 Å². The number of aliphatic hydroxyl groups excluding tert-OH is 2. The highest BCUT2D eigenvalue weighted by Crippen LogP contribution is 2.26. The minimum absolute atomic E-state index is 0.253. The van der Waals surface area contributed by atoms with Gasteiger partial charge in [-0.05, 0) is 6.42 Å². The lowest BCUT2D eigenvalue weighted by Crippen LogP contribution is -2.44. The van der Waals surface area contributed by atoms with Gasteiger partial charge in [-0.25, -0.2) is 9.55 Å². The molecule has 0 aliphatic carbocycles. The molecule has 4 N–H and O–H groups in total. The van der Waals surface area contributed by atoms with Crippen LogP contribution in [-0.2, 0) is 0 Å². The molecule has 0 spiro atoms. The molecule has 3 atom stereocenters. The number of fused-ring (bicyclic) bond motifs is 2. The number of unbranched alkanes of at least 4 members (excludes halogenated alkanes) is 2. The molecular weight excluding hydrogens is 286 g/mol. The normalized spacial score (nSPS) is 22.3. The minimum Gasteiger partial charge on any atom is -0.391 e. The van der Waals surface area contributed by atoms with Crippen molar-refractivity contribution in [2.24, 2.45) is 0 Å². The van der Waals surface area contributed by atoms with E-state index in [1.165, 1.54) is 10.9 Å². The summed E-state index contributed by atoms with van der Waals surface area (Å²) >= 11 is 0. The van der Waals surface area contributed by atoms with E-state index in [1.807, 2.05) is 0 Å². The predicted molar refractivity (Wildman–Crippen MR) is 81.6 cm³/mol. The summed E-state index contributed by atoms with van der Waals surface area (Å²) in [6.45, 7) is 2.11. The van der Waals surface area contributed by atoms with Gasteiger partial charge in [0.1, 0.15) is 6.23 Å². The molecule has 0 bridgehead atoms. The Kier molecular flexibility index (Phi) is 4.12. The third-order valence-corrected chi connectivity index (χ3v) is 4.14. The van der Waals surface area contributed by atoms with Gasteiger partial charge in [-0.15, -0.1) is 0 Å². The van der Waals surface area contributed by atoms with Gasteiger partial charge in [0.05, 0.1) is 18.5 Å². The molecule has 3 heterocycles. The molecule has 3 rings (SSSR count). The first-order valence-electron chi connectivity index (χ1n) is 7.70. The Bertz CT molecular complexity index is 710. The number of nitrogens with zero attached hydrogens (tertiary/aromatic N) is 3. The Labute approximate surface area is 127 Å². The Morgan fingerprint density at radius 1 is 1.50 bits per heavy atom. The minimum atomic E-state index is -1.00. The maximum Gasteiger partial charge on any atom is 0.283 e. The van der Waals surface area contributed by atoms with Crippen LogP contribution in [0.4, 0.5) is 5.95 Å². The second-order valence-electron chi connectivity index (χ2n) is 5.74. The summed E-state index contributed by atoms with van der Waals surface area (Å²) < 4.78 is 1.20. The lowest BCUT2D eigenvalue weighted by Gasteiger charge is -2.33. The molecule has 0 aromatic carbocycles. The zero-order valence-corrected chi connectivity index (χ0v) is 12.5. The van der Waals surface area contributed by atoms with E-state index in [2.05, 4.69) is 27.2 Å². The van der Waals surface area contributed by atoms with Crippen LogP contribution in [-0.4, -0.2) is 41.9 Å². The van der Waals surface area contributed by atoms with Crippen LogP contribution in [0.5, 0.6) is 0 Å². The van der Waals surface area contributed by atoms with Crippen molar-refractivity contribution < 1.29 is 10.2 Å². The molecular formula is C14H21N5O3. The fraction of sp³-hybridized carbons (Fsp3) is 0.643. The number of aromatic amines is 1. The molecule has 0 saturated heterocycles. The monoisotopic (exact) mass is 307 g/mol. The van der Waals surface area contributed by atoms with Gasteiger partial charge in [0, 0.05) is 6.42 Å². The standard InChI is InChI=1S/C14H21N5O3/c1-2-3-4-5-9(20)8-6-10(21)19-13(22)11-12(16-7-15-11)18-14(19)17-8/h7-10,20-21H,2-6H2,1H3,(H,15,16)(H,17,18). The van der Waals surface area contributed by atoms with Crippen LogP contribution in [0.1, 0.15) is 45.3 Å². The molecule has 8 nitrogen and oxygen atoms in total. The molecule has 2 aromatic heterocycles. The highest BCUT2D eigenvalue weighted by molar-refractivity contribution is 5.70. The summed E-state index contributed by atoms with van der Waals surface area (Å²) in [5, 5.41) is 23.6. The molecule has 0 saturated carbocycles. The van der Waals surface area contributed by atoms with Gasteiger partial charge < -0.3 is 20.5 Å². The van der Waals surface area contributed by atoms with E-state index in [1.54, 1.807) is 0 Å². The summed E-state index contributed by atoms with van der Waals surface area (Å²) in [6, 6.07) is -0.324. The van der Waals surface area contributed by atoms with Gasteiger partial charge >= 0.3 is 0 Å². The van der Waals surface area contributed by atoms with Crippen LogP contribution in [0.15, 0.2) is 11.1 Å². The van der Waals surface area contributed by atoms with Crippen molar-refractivity contribution in [3.8, 4) is 0 Å². The van der Waals surface area contributed by atoms with Gasteiger partial charge in [0.2, 0.25) is 5.95 Å². The average Bonchev–Trinajstić information content (AvgIpc) is 2.95. The molecule has 0 fully saturated rings. The molecule has 22 heavy (non-hydrogen) atoms. The topological polar surface area (TPSA) is 116 Å². The van der Waals surface area contributed by atoms with E-state index < -0.39 is 12.3 Å². The number of imidazole rings is 1. The van der Waals surface area contributed by atoms with Crippen LogP contribution < -0.4 is 10.9 Å². The van der Waals surface area contributed by atoms with Crippen molar-refractivity contribution in [1.29, 1.82) is 0 Å². The fourth-order valence-electron chi connectivity index (χ4n) is 2.89. The van der Waals surface area contributed by atoms with E-state index in [9.17, 15) is 15.0 Å². The smallest absolute Gasteiger partial charge is 0.283 e. The third kappa shape index (κ3) is 2.59. The van der Waals surface area contributed by atoms with Gasteiger partial charge in [-0.1, -0.05) is 26.2 Å². The number of nitrogens with one attached hydrogen (secondary N) is 2. The maximum absolute atomic E-state index is 12.3. The maximum atomic E-state index is 12.3. The first-order valence-corrected chi connectivity index (χ1v) is 7.70. The van der Waals surface area contributed by atoms with Crippen molar-refractivity contribution in [3.05, 3.63) is 16.7 Å². The fourth-order valence-corrected chi connectivity index (χ4v) is 2.89. The van der Waals surface area contributed by atoms with E-state index in [0.717, 1.165) is 19.3 Å². The van der Waals surface area contributed by atoms with Crippen LogP contribution >= 0.6 is 0 Å². The van der Waals surface area contributed by atoms with Crippen LogP contribution in [0, 0.1) is 0 Å². The van der Waals surface area contributed by atoms with E-state index >= 15 is 0 Å². The molecule has 120 valence electrons. The van der Waals surface area contributed by atoms with Crippen LogP contribution in [0.2, 0.25) is 0 Å². The SMILES string of the molecule is CCCCCC(O)C1CC(O)n2c(nc3nc[nH]c3c2=O)N1. The first kappa shape index (κ1) is 15.0. The molecule has 1 aliphatic heterocycles. The molecule has 0 radical (unpaired) electrons. The van der Waals surface area contributed by atoms with Gasteiger partial charge in [0.25, 0.3) is 5.56 Å². The molecule has 3 unspecified atom stereocenters. The lowest BCUT2D eigenvalue weighted by atomic mass is 9.99. The average molecular weight is 307 g/mol. The van der Waals surface area contributed by atoms with E-state index in [-0.39, 0.29) is 29.5 Å². The number of anilines is 1. The number of hydrogen-bond donors (Lipinski definition) is 4. The zero-order chi connectivity index (χ0) is 15.7. The Balaban J connectivity index is 1.86. The Morgan fingerprint density at radius 3 is 3.09 bits per heavy atom. The van der Waals surface area contributed by atoms with E-state index in [4.69, 9.17) is 0 Å². The molecule has 0 amide bonds. The zero-order valence-electron chi connectivity index (χ0n) is 12.5. The summed E-state index contributed by atoms with van der Waals surface area (Å²) in [4.78, 5) is 23.3. The van der Waals surface area contributed by atoms with Crippen molar-refractivity contribution in [2.45, 2.75) is 57.4 Å². The second-order valence-corrected chi connectivity index (χ2v) is 5.74. The highest BCUT2D eigenvalue weighted by Gasteiger charge is 2.31. The summed E-state index contributed by atoms with van der Waals surface area (Å²) in [7, 11) is 0. The quantitative estimate of drug-likeness (QED) is 0.605. The highest BCUT2D eigenvalue weighted by atomic mass is 16.3. The lowest BCUT2D eigenvalue weighted by molar-refractivity contribution is 0.0450. The summed E-state index contributed by atoms with van der Waals surface area (Å²) in [5.74, 6) is 0.253. The first-order chi connectivity index (χ1) is 10.6. The summed E-state index contributed by atoms with van der Waals surface area (Å²) in [6.07, 6.45) is 3.82. The van der Waals surface area contributed by atoms with E-state index in [0.29, 0.717) is 12.1 Å². The Hall–Kier alpha value is -1.93. The van der Waals surface area contributed by atoms with Gasteiger partial charge in [0.15, 0.2) is 11.2 Å². The van der Waals surface area contributed by atoms with Crippen molar-refractivity contribution >= 4 is 17.1 Å². The van der Waals surface area contributed by atoms with Gasteiger partial charge in [-0.3, -0.25) is 4.79 Å². The molecule has 8 heteroatoms. The van der Waals surface area contributed by atoms with Gasteiger partial charge in [-0.2, -0.15) is 4.98 Å². The number of hydrogen-bond acceptors (Lipinski definition) is 6. The number of aromatic nitrogens is 4. The number of aliphatic hydroxyl groups is 2. The van der Waals surface area contributed by atoms with Crippen molar-refractivity contribution in [2.75, 3.05) is 5.32 Å². The molecule has 2 aromatic rings. The number of rotatable bonds is 5. The molecule has 1 aliphatic rings. The predicted octanol–water partition coefficient (Wildman–Crippen LogP) is 0.736. The Morgan fingerprint density at radius 2 is 2.32 bits per heavy atom. The third-order valence-electron chi connectivity index (χ3n) is 4.14. The van der Waals surface area contributed by atoms with Crippen LogP contribution in [0.25, 0.3) is 11.2 Å². The largest absolute Gasteiger partial charge is 0.391 e. The number of H-pyrrole nitrogens is 1. The van der Waals surface area contributed by atoms with Crippen molar-refractivity contribution in [3.63, 3.8) is 0 Å².